The number of phenolic OH excluding ortho intramolecular Hbond substituents is 2. The molecule has 0 saturated heterocycles. The van der Waals surface area contributed by atoms with E-state index in [-0.39, 0.29) is 85.4 Å². The van der Waals surface area contributed by atoms with Gasteiger partial charge in [-0.3, -0.25) is 4.79 Å². The van der Waals surface area contributed by atoms with Gasteiger partial charge in [0.25, 0.3) is 0 Å². The summed E-state index contributed by atoms with van der Waals surface area (Å²) < 4.78 is 15.6. The number of ether oxygens (including phenoxy) is 2. The Kier molecular flexibility index (Phi) is 6.02. The van der Waals surface area contributed by atoms with E-state index in [0.29, 0.717) is 11.3 Å². The van der Waals surface area contributed by atoms with E-state index in [1.54, 1.807) is 0 Å². The maximum absolute atomic E-state index is 12.4. The number of hydrogen-bond donors (Lipinski definition) is 3. The molecule has 0 amide bonds. The molecule has 0 unspecified atom stereocenters. The van der Waals surface area contributed by atoms with Crippen LogP contribution in [-0.2, 0) is 0 Å². The van der Waals surface area contributed by atoms with Gasteiger partial charge in [-0.05, 0) is 18.2 Å². The molecule has 0 atom stereocenters. The Labute approximate surface area is 184 Å². The Morgan fingerprint density at radius 2 is 1.68 bits per heavy atom. The summed E-state index contributed by atoms with van der Waals surface area (Å²) >= 11 is 0. The van der Waals surface area contributed by atoms with Crippen molar-refractivity contribution in [2.24, 2.45) is 0 Å². The van der Waals surface area contributed by atoms with Gasteiger partial charge in [0.2, 0.25) is 11.2 Å². The monoisotopic (exact) mass is 369 g/mol. The molecule has 1 aromatic heterocycles. The largest absolute Gasteiger partial charge is 1.00 e. The summed E-state index contributed by atoms with van der Waals surface area (Å²) in [5.41, 5.74) is -0.404. The van der Waals surface area contributed by atoms with Gasteiger partial charge in [-0.15, -0.1) is 0 Å². The second kappa shape index (κ2) is 7.67. The minimum atomic E-state index is -0.779. The van der Waals surface area contributed by atoms with Crippen LogP contribution in [0.1, 0.15) is 0 Å². The molecule has 0 bridgehead atoms. The second-order valence-corrected chi connectivity index (χ2v) is 5.02. The van der Waals surface area contributed by atoms with E-state index in [2.05, 4.69) is 0 Å². The van der Waals surface area contributed by atoms with Crippen LogP contribution >= 0.6 is 0 Å². The van der Waals surface area contributed by atoms with Crippen molar-refractivity contribution in [2.75, 3.05) is 14.2 Å². The first kappa shape index (κ1) is 19.6. The molecule has 2 aromatic carbocycles. The summed E-state index contributed by atoms with van der Waals surface area (Å²) in [6.07, 6.45) is 0. The van der Waals surface area contributed by atoms with E-state index in [4.69, 9.17) is 13.9 Å². The molecule has 3 aromatic rings. The number of methoxy groups -OCH3 is 2. The smallest absolute Gasteiger partial charge is 0.507 e. The first-order valence-electron chi connectivity index (χ1n) is 6.90. The van der Waals surface area contributed by atoms with Crippen LogP contribution < -0.4 is 66.3 Å². The van der Waals surface area contributed by atoms with E-state index in [1.165, 1.54) is 44.6 Å². The number of phenols is 2. The normalized spacial score (nSPS) is 10.3. The Morgan fingerprint density at radius 1 is 0.960 bits per heavy atom. The van der Waals surface area contributed by atoms with Crippen LogP contribution in [0, 0.1) is 0 Å². The molecular weight excluding hydrogens is 355 g/mol. The van der Waals surface area contributed by atoms with E-state index in [9.17, 15) is 20.1 Å². The van der Waals surface area contributed by atoms with Crippen LogP contribution in [0.25, 0.3) is 22.3 Å². The summed E-state index contributed by atoms with van der Waals surface area (Å²) in [5.74, 6) is -0.771. The average Bonchev–Trinajstić information content (AvgIpc) is 2.58. The molecule has 7 nitrogen and oxygen atoms in total. The molecule has 0 spiro atoms. The van der Waals surface area contributed by atoms with Gasteiger partial charge in [0.1, 0.15) is 22.5 Å². The Hall–Kier alpha value is -1.71. The molecule has 1 heterocycles. The number of aromatic hydroxyl groups is 3. The zero-order valence-corrected chi connectivity index (χ0v) is 17.0. The third-order valence-electron chi connectivity index (χ3n) is 3.60. The molecule has 0 aliphatic heterocycles. The van der Waals surface area contributed by atoms with Gasteiger partial charge < -0.3 is 29.2 Å². The molecule has 3 N–H and O–H groups in total. The van der Waals surface area contributed by atoms with E-state index in [1.807, 2.05) is 0 Å². The van der Waals surface area contributed by atoms with Crippen molar-refractivity contribution < 1.29 is 80.6 Å². The standard InChI is InChI=1S/C17H14O7.K/c1-22-9-6-11(19)14-13(7-9)24-17(16(21)15(14)20)8-3-4-10(18)12(5-8)23-2;/h3-7,18-19,21H,1-2H3;/q;+1. The van der Waals surface area contributed by atoms with Crippen LogP contribution in [0.2, 0.25) is 0 Å². The maximum Gasteiger partial charge on any atom is 1.00 e. The number of hydrogen-bond acceptors (Lipinski definition) is 7. The van der Waals surface area contributed by atoms with Crippen molar-refractivity contribution in [1.82, 2.24) is 0 Å². The molecule has 0 aliphatic rings. The van der Waals surface area contributed by atoms with Gasteiger partial charge in [-0.25, -0.2) is 0 Å². The van der Waals surface area contributed by atoms with Crippen molar-refractivity contribution in [1.29, 1.82) is 0 Å². The van der Waals surface area contributed by atoms with E-state index >= 15 is 0 Å². The van der Waals surface area contributed by atoms with Crippen molar-refractivity contribution in [3.8, 4) is 40.1 Å². The maximum atomic E-state index is 12.4. The minimum absolute atomic E-state index is 0. The average molecular weight is 369 g/mol. The van der Waals surface area contributed by atoms with Gasteiger partial charge >= 0.3 is 51.4 Å². The van der Waals surface area contributed by atoms with E-state index in [0.717, 1.165) is 0 Å². The molecule has 0 fully saturated rings. The molecule has 0 radical (unpaired) electrons. The second-order valence-electron chi connectivity index (χ2n) is 5.02. The SMILES string of the molecule is COc1cc(O)c2c(=O)c(O)c(-c3ccc(O)c(OC)c3)oc2c1.[K+]. The number of benzene rings is 2. The molecule has 0 aliphatic carbocycles. The quantitative estimate of drug-likeness (QED) is 0.539. The number of rotatable bonds is 3. The molecule has 8 heteroatoms. The van der Waals surface area contributed by atoms with Crippen molar-refractivity contribution >= 4 is 11.0 Å². The van der Waals surface area contributed by atoms with Crippen LogP contribution in [0.3, 0.4) is 0 Å². The number of fused-ring (bicyclic) bond motifs is 1. The Bertz CT molecular complexity index is 994. The van der Waals surface area contributed by atoms with Gasteiger partial charge in [-0.2, -0.15) is 0 Å². The molecule has 25 heavy (non-hydrogen) atoms. The van der Waals surface area contributed by atoms with Crippen molar-refractivity contribution in [3.05, 3.63) is 40.6 Å². The fourth-order valence-electron chi connectivity index (χ4n) is 2.40. The molecule has 0 saturated carbocycles. The fourth-order valence-corrected chi connectivity index (χ4v) is 2.40. The van der Waals surface area contributed by atoms with Gasteiger partial charge in [0.05, 0.1) is 14.2 Å². The topological polar surface area (TPSA) is 109 Å². The summed E-state index contributed by atoms with van der Waals surface area (Å²) in [6, 6.07) is 6.90. The van der Waals surface area contributed by atoms with Crippen LogP contribution in [0.5, 0.6) is 28.7 Å². The summed E-state index contributed by atoms with van der Waals surface area (Å²) in [7, 11) is 2.78. The van der Waals surface area contributed by atoms with Gasteiger partial charge in [-0.1, -0.05) is 0 Å². The fraction of sp³-hybridized carbons (Fsp3) is 0.118. The van der Waals surface area contributed by atoms with E-state index < -0.39 is 11.2 Å². The van der Waals surface area contributed by atoms with Crippen molar-refractivity contribution in [3.63, 3.8) is 0 Å². The summed E-state index contributed by atoms with van der Waals surface area (Å²) in [5, 5.41) is 29.6. The predicted molar refractivity (Wildman–Crippen MR) is 86.0 cm³/mol. The van der Waals surface area contributed by atoms with Gasteiger partial charge in [0, 0.05) is 17.7 Å². The molecular formula is C17H14KO7+. The molecule has 124 valence electrons. The Balaban J connectivity index is 0.00000225. The summed E-state index contributed by atoms with van der Waals surface area (Å²) in [6.45, 7) is 0. The predicted octanol–water partition coefficient (Wildman–Crippen LogP) is -0.402. The van der Waals surface area contributed by atoms with Crippen LogP contribution in [0.15, 0.2) is 39.5 Å². The summed E-state index contributed by atoms with van der Waals surface area (Å²) in [4.78, 5) is 12.4. The first-order valence-corrected chi connectivity index (χ1v) is 6.90. The van der Waals surface area contributed by atoms with Crippen molar-refractivity contribution in [2.45, 2.75) is 0 Å². The molecule has 3 rings (SSSR count). The van der Waals surface area contributed by atoms with Crippen LogP contribution in [0.4, 0.5) is 0 Å². The van der Waals surface area contributed by atoms with Gasteiger partial charge in [0.15, 0.2) is 17.3 Å². The minimum Gasteiger partial charge on any atom is -0.507 e. The van der Waals surface area contributed by atoms with Crippen LogP contribution in [-0.4, -0.2) is 29.5 Å². The third kappa shape index (κ3) is 3.49. The zero-order valence-electron chi connectivity index (χ0n) is 13.9. The Morgan fingerprint density at radius 3 is 2.32 bits per heavy atom. The third-order valence-corrected chi connectivity index (χ3v) is 3.60. The zero-order chi connectivity index (χ0) is 17.4. The first-order chi connectivity index (χ1) is 11.5.